The van der Waals surface area contributed by atoms with Crippen molar-refractivity contribution in [2.45, 2.75) is 39.5 Å². The fourth-order valence-corrected chi connectivity index (χ4v) is 4.27. The van der Waals surface area contributed by atoms with Gasteiger partial charge in [0.2, 0.25) is 0 Å². The Bertz CT molecular complexity index is 872. The minimum absolute atomic E-state index is 0.0332. The molecule has 2 aromatic rings. The minimum atomic E-state index is -1.45. The van der Waals surface area contributed by atoms with E-state index in [0.717, 1.165) is 0 Å². The van der Waals surface area contributed by atoms with Crippen molar-refractivity contribution in [2.75, 3.05) is 26.4 Å². The lowest BCUT2D eigenvalue weighted by Crippen LogP contribution is -2.42. The van der Waals surface area contributed by atoms with Crippen LogP contribution in [0.5, 0.6) is 0 Å². The van der Waals surface area contributed by atoms with Crippen LogP contribution in [0.3, 0.4) is 0 Å². The molecule has 0 saturated heterocycles. The molecule has 0 N–H and O–H groups in total. The second-order valence-corrected chi connectivity index (χ2v) is 7.84. The second-order valence-electron chi connectivity index (χ2n) is 7.84. The van der Waals surface area contributed by atoms with Crippen LogP contribution >= 0.6 is 0 Å². The van der Waals surface area contributed by atoms with Crippen molar-refractivity contribution in [3.8, 4) is 0 Å². The Morgan fingerprint density at radius 1 is 0.500 bits per heavy atom. The van der Waals surface area contributed by atoms with Crippen LogP contribution < -0.4 is 0 Å². The van der Waals surface area contributed by atoms with Gasteiger partial charge in [-0.05, 0) is 38.8 Å². The molecule has 2 aromatic carbocycles. The van der Waals surface area contributed by atoms with Crippen LogP contribution in [0.2, 0.25) is 0 Å². The third kappa shape index (κ3) is 7.16. The highest BCUT2D eigenvalue weighted by atomic mass is 16.6. The van der Waals surface area contributed by atoms with Crippen LogP contribution in [0.1, 0.15) is 50.7 Å². The third-order valence-electron chi connectivity index (χ3n) is 5.64. The first kappa shape index (κ1) is 28.6. The molecule has 0 bridgehead atoms. The van der Waals surface area contributed by atoms with Gasteiger partial charge in [-0.3, -0.25) is 19.2 Å². The Kier molecular flexibility index (Phi) is 11.6. The summed E-state index contributed by atoms with van der Waals surface area (Å²) in [6, 6.07) is 17.5. The maximum absolute atomic E-state index is 13.3. The molecule has 0 spiro atoms. The Labute approximate surface area is 211 Å². The van der Waals surface area contributed by atoms with Gasteiger partial charge in [-0.2, -0.15) is 0 Å². The number of ether oxygens (including phenoxy) is 4. The van der Waals surface area contributed by atoms with E-state index in [9.17, 15) is 19.2 Å². The van der Waals surface area contributed by atoms with Crippen molar-refractivity contribution in [3.63, 3.8) is 0 Å². The Balaban J connectivity index is 2.88. The maximum atomic E-state index is 13.3. The number of carbonyl (C=O) groups excluding carboxylic acids is 4. The average Bonchev–Trinajstić information content (AvgIpc) is 2.87. The monoisotopic (exact) mass is 498 g/mol. The number of esters is 4. The summed E-state index contributed by atoms with van der Waals surface area (Å²) in [6.45, 7) is 6.66. The van der Waals surface area contributed by atoms with Gasteiger partial charge in [-0.25, -0.2) is 0 Å². The molecular weight excluding hydrogens is 464 g/mol. The van der Waals surface area contributed by atoms with Crippen LogP contribution in [0.15, 0.2) is 60.7 Å². The molecule has 8 nitrogen and oxygen atoms in total. The fraction of sp³-hybridized carbons (Fsp3) is 0.429. The predicted octanol–water partition coefficient (Wildman–Crippen LogP) is 4.04. The summed E-state index contributed by atoms with van der Waals surface area (Å²) in [5.74, 6) is -8.16. The molecule has 0 aliphatic carbocycles. The van der Waals surface area contributed by atoms with E-state index in [1.165, 1.54) is 0 Å². The quantitative estimate of drug-likeness (QED) is 0.232. The van der Waals surface area contributed by atoms with Crippen LogP contribution in [0.4, 0.5) is 0 Å². The molecule has 0 radical (unpaired) electrons. The number of rotatable bonds is 13. The summed E-state index contributed by atoms with van der Waals surface area (Å²) >= 11 is 0. The summed E-state index contributed by atoms with van der Waals surface area (Å²) in [5, 5.41) is 0. The second kappa shape index (κ2) is 14.7. The molecule has 0 amide bonds. The number of hydrogen-bond donors (Lipinski definition) is 0. The summed E-state index contributed by atoms with van der Waals surface area (Å²) in [7, 11) is 0. The molecule has 8 heteroatoms. The maximum Gasteiger partial charge on any atom is 0.320 e. The van der Waals surface area contributed by atoms with Gasteiger partial charge >= 0.3 is 23.9 Å². The standard InChI is InChI=1S/C28H34O8/c1-5-33-25(29)23(26(30)34-6-2)21(19-15-11-9-12-16-19)22(20-17-13-10-14-18-20)24(27(31)35-7-3)28(32)36-8-4/h9-18,21-24H,5-8H2,1-4H3/t21-,22+. The van der Waals surface area contributed by atoms with E-state index in [0.29, 0.717) is 11.1 Å². The smallest absolute Gasteiger partial charge is 0.320 e. The van der Waals surface area contributed by atoms with E-state index in [1.807, 2.05) is 0 Å². The lowest BCUT2D eigenvalue weighted by molar-refractivity contribution is -0.169. The summed E-state index contributed by atoms with van der Waals surface area (Å²) in [6.07, 6.45) is 0. The van der Waals surface area contributed by atoms with E-state index in [4.69, 9.17) is 18.9 Å². The van der Waals surface area contributed by atoms with Crippen molar-refractivity contribution in [1.29, 1.82) is 0 Å². The van der Waals surface area contributed by atoms with Gasteiger partial charge in [-0.15, -0.1) is 0 Å². The molecule has 2 rings (SSSR count). The van der Waals surface area contributed by atoms with Gasteiger partial charge in [0.15, 0.2) is 11.8 Å². The molecule has 2 atom stereocenters. The lowest BCUT2D eigenvalue weighted by Gasteiger charge is -2.35. The van der Waals surface area contributed by atoms with Gasteiger partial charge in [0.05, 0.1) is 26.4 Å². The van der Waals surface area contributed by atoms with Gasteiger partial charge < -0.3 is 18.9 Å². The predicted molar refractivity (Wildman–Crippen MR) is 132 cm³/mol. The molecule has 36 heavy (non-hydrogen) atoms. The molecule has 0 unspecified atom stereocenters. The molecule has 0 heterocycles. The van der Waals surface area contributed by atoms with Crippen LogP contribution in [0.25, 0.3) is 0 Å². The highest BCUT2D eigenvalue weighted by Crippen LogP contribution is 2.45. The molecule has 194 valence electrons. The highest BCUT2D eigenvalue weighted by Gasteiger charge is 2.50. The third-order valence-corrected chi connectivity index (χ3v) is 5.64. The van der Waals surface area contributed by atoms with Crippen LogP contribution in [-0.2, 0) is 38.1 Å². The van der Waals surface area contributed by atoms with Gasteiger partial charge in [0, 0.05) is 11.8 Å². The van der Waals surface area contributed by atoms with Gasteiger partial charge in [-0.1, -0.05) is 60.7 Å². The molecule has 0 aromatic heterocycles. The van der Waals surface area contributed by atoms with Crippen molar-refractivity contribution in [1.82, 2.24) is 0 Å². The van der Waals surface area contributed by atoms with Gasteiger partial charge in [0.25, 0.3) is 0 Å². The van der Waals surface area contributed by atoms with Crippen LogP contribution in [-0.4, -0.2) is 50.3 Å². The van der Waals surface area contributed by atoms with Crippen molar-refractivity contribution < 1.29 is 38.1 Å². The zero-order valence-electron chi connectivity index (χ0n) is 21.2. The van der Waals surface area contributed by atoms with E-state index < -0.39 is 47.5 Å². The van der Waals surface area contributed by atoms with Crippen molar-refractivity contribution in [2.24, 2.45) is 11.8 Å². The summed E-state index contributed by atoms with van der Waals surface area (Å²) < 4.78 is 21.1. The molecule has 0 saturated carbocycles. The fourth-order valence-electron chi connectivity index (χ4n) is 4.27. The molecular formula is C28H34O8. The Morgan fingerprint density at radius 3 is 0.972 bits per heavy atom. The van der Waals surface area contributed by atoms with Crippen molar-refractivity contribution >= 4 is 23.9 Å². The van der Waals surface area contributed by atoms with Gasteiger partial charge in [0.1, 0.15) is 0 Å². The van der Waals surface area contributed by atoms with E-state index in [1.54, 1.807) is 88.4 Å². The minimum Gasteiger partial charge on any atom is -0.465 e. The normalized spacial score (nSPS) is 12.5. The Hall–Kier alpha value is -3.68. The number of benzene rings is 2. The first-order valence-electron chi connectivity index (χ1n) is 12.2. The number of hydrogen-bond acceptors (Lipinski definition) is 8. The SMILES string of the molecule is CCOC(=O)C(C(=O)OCC)[C@@H](c1ccccc1)[C@@H](c1ccccc1)C(C(=O)OCC)C(=O)OCC. The topological polar surface area (TPSA) is 105 Å². The first-order chi connectivity index (χ1) is 17.4. The van der Waals surface area contributed by atoms with E-state index in [-0.39, 0.29) is 26.4 Å². The zero-order chi connectivity index (χ0) is 26.5. The van der Waals surface area contributed by atoms with Crippen LogP contribution in [0, 0.1) is 11.8 Å². The summed E-state index contributed by atoms with van der Waals surface area (Å²) in [5.41, 5.74) is 1.10. The average molecular weight is 499 g/mol. The van der Waals surface area contributed by atoms with E-state index >= 15 is 0 Å². The highest BCUT2D eigenvalue weighted by molar-refractivity contribution is 5.99. The molecule has 0 aliphatic heterocycles. The molecule has 0 aliphatic rings. The van der Waals surface area contributed by atoms with Crippen molar-refractivity contribution in [3.05, 3.63) is 71.8 Å². The largest absolute Gasteiger partial charge is 0.465 e. The lowest BCUT2D eigenvalue weighted by atomic mass is 9.68. The Morgan fingerprint density at radius 2 is 0.750 bits per heavy atom. The number of carbonyl (C=O) groups is 4. The molecule has 0 fully saturated rings. The summed E-state index contributed by atoms with van der Waals surface area (Å²) in [4.78, 5) is 53.1. The van der Waals surface area contributed by atoms with E-state index in [2.05, 4.69) is 0 Å². The zero-order valence-corrected chi connectivity index (χ0v) is 21.2. The first-order valence-corrected chi connectivity index (χ1v) is 12.2.